The van der Waals surface area contributed by atoms with Crippen LogP contribution in [0.5, 0.6) is 5.75 Å². The molecule has 0 aromatic heterocycles. The number of rotatable bonds is 4. The van der Waals surface area contributed by atoms with Crippen LogP contribution in [-0.4, -0.2) is 6.61 Å². The number of nitrogens with one attached hydrogen (secondary N) is 1. The maximum atomic E-state index is 5.82. The van der Waals surface area contributed by atoms with Gasteiger partial charge in [0, 0.05) is 24.1 Å². The Morgan fingerprint density at radius 2 is 1.76 bits per heavy atom. The van der Waals surface area contributed by atoms with Gasteiger partial charge < -0.3 is 10.1 Å². The molecule has 0 bridgehead atoms. The van der Waals surface area contributed by atoms with Crippen molar-refractivity contribution < 1.29 is 4.74 Å². The van der Waals surface area contributed by atoms with Gasteiger partial charge in [0.25, 0.3) is 0 Å². The van der Waals surface area contributed by atoms with Gasteiger partial charge in [-0.25, -0.2) is 0 Å². The van der Waals surface area contributed by atoms with Gasteiger partial charge in [-0.1, -0.05) is 56.3 Å². The molecule has 2 heteroatoms. The van der Waals surface area contributed by atoms with Crippen molar-refractivity contribution in [3.8, 4) is 5.75 Å². The number of fused-ring (bicyclic) bond motifs is 1. The lowest BCUT2D eigenvalue weighted by atomic mass is 9.91. The van der Waals surface area contributed by atoms with Gasteiger partial charge in [-0.3, -0.25) is 0 Å². The van der Waals surface area contributed by atoms with Gasteiger partial charge in [0.1, 0.15) is 5.75 Å². The molecule has 2 nitrogen and oxygen atoms in total. The molecule has 110 valence electrons. The van der Waals surface area contributed by atoms with E-state index in [4.69, 9.17) is 4.74 Å². The molecule has 1 N–H and O–H groups in total. The Morgan fingerprint density at radius 3 is 2.57 bits per heavy atom. The molecule has 0 saturated heterocycles. The van der Waals surface area contributed by atoms with Crippen LogP contribution in [0.25, 0.3) is 0 Å². The molecular formula is C19H23NO. The van der Waals surface area contributed by atoms with E-state index in [2.05, 4.69) is 61.6 Å². The van der Waals surface area contributed by atoms with E-state index in [0.717, 1.165) is 25.3 Å². The van der Waals surface area contributed by atoms with Crippen LogP contribution in [0.1, 0.15) is 36.6 Å². The monoisotopic (exact) mass is 281 g/mol. The van der Waals surface area contributed by atoms with E-state index in [0.29, 0.717) is 12.0 Å². The summed E-state index contributed by atoms with van der Waals surface area (Å²) in [6.45, 7) is 6.15. The Kier molecular flexibility index (Phi) is 4.26. The summed E-state index contributed by atoms with van der Waals surface area (Å²) in [6, 6.07) is 17.4. The molecule has 0 spiro atoms. The number of ether oxygens (including phenoxy) is 1. The summed E-state index contributed by atoms with van der Waals surface area (Å²) in [6.07, 6.45) is 1.08. The van der Waals surface area contributed by atoms with Crippen molar-refractivity contribution in [3.05, 3.63) is 65.2 Å². The summed E-state index contributed by atoms with van der Waals surface area (Å²) in [5, 5.41) is 3.74. The summed E-state index contributed by atoms with van der Waals surface area (Å²) >= 11 is 0. The molecule has 1 heterocycles. The summed E-state index contributed by atoms with van der Waals surface area (Å²) in [5.41, 5.74) is 4.11. The molecule has 0 radical (unpaired) electrons. The average molecular weight is 281 g/mol. The summed E-state index contributed by atoms with van der Waals surface area (Å²) < 4.78 is 5.82. The van der Waals surface area contributed by atoms with Crippen molar-refractivity contribution in [2.24, 2.45) is 5.92 Å². The molecular weight excluding hydrogens is 258 g/mol. The molecule has 3 rings (SSSR count). The topological polar surface area (TPSA) is 21.3 Å². The highest BCUT2D eigenvalue weighted by molar-refractivity contribution is 5.38. The lowest BCUT2D eigenvalue weighted by Gasteiger charge is -2.32. The SMILES string of the molecule is CCc1ccccc1CNC1c2ccccc2OCC1C. The summed E-state index contributed by atoms with van der Waals surface area (Å²) in [4.78, 5) is 0. The second kappa shape index (κ2) is 6.31. The fourth-order valence-electron chi connectivity index (χ4n) is 3.10. The van der Waals surface area contributed by atoms with Crippen molar-refractivity contribution >= 4 is 0 Å². The smallest absolute Gasteiger partial charge is 0.124 e. The molecule has 2 atom stereocenters. The van der Waals surface area contributed by atoms with Gasteiger partial charge in [0.15, 0.2) is 0 Å². The molecule has 0 saturated carbocycles. The van der Waals surface area contributed by atoms with Gasteiger partial charge in [0.2, 0.25) is 0 Å². The normalized spacial score (nSPS) is 20.7. The largest absolute Gasteiger partial charge is 0.493 e. The first-order valence-corrected chi connectivity index (χ1v) is 7.81. The van der Waals surface area contributed by atoms with E-state index >= 15 is 0 Å². The Balaban J connectivity index is 1.78. The minimum atomic E-state index is 0.361. The fourth-order valence-corrected chi connectivity index (χ4v) is 3.10. The van der Waals surface area contributed by atoms with Crippen LogP contribution in [0.2, 0.25) is 0 Å². The zero-order chi connectivity index (χ0) is 14.7. The third-order valence-corrected chi connectivity index (χ3v) is 4.34. The number of hydrogen-bond acceptors (Lipinski definition) is 2. The Labute approximate surface area is 127 Å². The predicted molar refractivity (Wildman–Crippen MR) is 86.5 cm³/mol. The van der Waals surface area contributed by atoms with Crippen LogP contribution in [-0.2, 0) is 13.0 Å². The fraction of sp³-hybridized carbons (Fsp3) is 0.368. The van der Waals surface area contributed by atoms with E-state index in [1.165, 1.54) is 16.7 Å². The minimum Gasteiger partial charge on any atom is -0.493 e. The zero-order valence-corrected chi connectivity index (χ0v) is 12.8. The van der Waals surface area contributed by atoms with Gasteiger partial charge in [-0.2, -0.15) is 0 Å². The number of hydrogen-bond donors (Lipinski definition) is 1. The quantitative estimate of drug-likeness (QED) is 0.910. The maximum absolute atomic E-state index is 5.82. The van der Waals surface area contributed by atoms with Gasteiger partial charge in [-0.15, -0.1) is 0 Å². The first-order valence-electron chi connectivity index (χ1n) is 7.81. The summed E-state index contributed by atoms with van der Waals surface area (Å²) in [7, 11) is 0. The van der Waals surface area contributed by atoms with Crippen molar-refractivity contribution in [1.82, 2.24) is 5.32 Å². The lowest BCUT2D eigenvalue weighted by molar-refractivity contribution is 0.188. The highest BCUT2D eigenvalue weighted by Gasteiger charge is 2.27. The Bertz CT molecular complexity index is 608. The van der Waals surface area contributed by atoms with Crippen LogP contribution >= 0.6 is 0 Å². The van der Waals surface area contributed by atoms with Crippen LogP contribution in [0, 0.1) is 5.92 Å². The summed E-state index contributed by atoms with van der Waals surface area (Å²) in [5.74, 6) is 1.51. The third kappa shape index (κ3) is 2.96. The van der Waals surface area contributed by atoms with Crippen LogP contribution in [0.4, 0.5) is 0 Å². The molecule has 2 aromatic carbocycles. The standard InChI is InChI=1S/C19H23NO/c1-3-15-8-4-5-9-16(15)12-20-19-14(2)13-21-18-11-7-6-10-17(18)19/h4-11,14,19-20H,3,12-13H2,1-2H3. The highest BCUT2D eigenvalue weighted by Crippen LogP contribution is 2.35. The lowest BCUT2D eigenvalue weighted by Crippen LogP contribution is -2.33. The molecule has 0 fully saturated rings. The van der Waals surface area contributed by atoms with Crippen molar-refractivity contribution in [2.45, 2.75) is 32.9 Å². The Morgan fingerprint density at radius 1 is 1.05 bits per heavy atom. The minimum absolute atomic E-state index is 0.361. The third-order valence-electron chi connectivity index (χ3n) is 4.34. The second-order valence-electron chi connectivity index (χ2n) is 5.81. The number of benzene rings is 2. The van der Waals surface area contributed by atoms with E-state index < -0.39 is 0 Å². The van der Waals surface area contributed by atoms with Crippen molar-refractivity contribution in [2.75, 3.05) is 6.61 Å². The van der Waals surface area contributed by atoms with Gasteiger partial charge in [0.05, 0.1) is 6.61 Å². The molecule has 2 unspecified atom stereocenters. The van der Waals surface area contributed by atoms with Crippen LogP contribution < -0.4 is 10.1 Å². The van der Waals surface area contributed by atoms with Gasteiger partial charge >= 0.3 is 0 Å². The maximum Gasteiger partial charge on any atom is 0.124 e. The second-order valence-corrected chi connectivity index (χ2v) is 5.81. The van der Waals surface area contributed by atoms with Crippen LogP contribution in [0.15, 0.2) is 48.5 Å². The van der Waals surface area contributed by atoms with Gasteiger partial charge in [-0.05, 0) is 23.6 Å². The van der Waals surface area contributed by atoms with E-state index in [-0.39, 0.29) is 0 Å². The molecule has 0 aliphatic carbocycles. The predicted octanol–water partition coefficient (Wildman–Crippen LogP) is 4.11. The Hall–Kier alpha value is -1.80. The van der Waals surface area contributed by atoms with Crippen molar-refractivity contribution in [3.63, 3.8) is 0 Å². The number of para-hydroxylation sites is 1. The molecule has 2 aromatic rings. The van der Waals surface area contributed by atoms with E-state index in [1.807, 2.05) is 6.07 Å². The molecule has 1 aliphatic rings. The van der Waals surface area contributed by atoms with E-state index in [9.17, 15) is 0 Å². The highest BCUT2D eigenvalue weighted by atomic mass is 16.5. The van der Waals surface area contributed by atoms with E-state index in [1.54, 1.807) is 0 Å². The molecule has 0 amide bonds. The zero-order valence-electron chi connectivity index (χ0n) is 12.8. The number of aryl methyl sites for hydroxylation is 1. The van der Waals surface area contributed by atoms with Crippen molar-refractivity contribution in [1.29, 1.82) is 0 Å². The first-order chi connectivity index (χ1) is 10.3. The molecule has 1 aliphatic heterocycles. The average Bonchev–Trinajstić information content (AvgIpc) is 2.54. The van der Waals surface area contributed by atoms with Crippen LogP contribution in [0.3, 0.4) is 0 Å². The first kappa shape index (κ1) is 14.2. The molecule has 21 heavy (non-hydrogen) atoms.